The van der Waals surface area contributed by atoms with Crippen LogP contribution in [0.25, 0.3) is 0 Å². The summed E-state index contributed by atoms with van der Waals surface area (Å²) >= 11 is 0. The highest BCUT2D eigenvalue weighted by molar-refractivity contribution is 7.89. The van der Waals surface area contributed by atoms with Crippen molar-refractivity contribution in [3.05, 3.63) is 29.8 Å². The smallest absolute Gasteiger partial charge is 0.243 e. The summed E-state index contributed by atoms with van der Waals surface area (Å²) in [6.07, 6.45) is 0.466. The van der Waals surface area contributed by atoms with Gasteiger partial charge in [-0.3, -0.25) is 4.79 Å². The van der Waals surface area contributed by atoms with E-state index in [9.17, 15) is 13.2 Å². The first-order valence-corrected chi connectivity index (χ1v) is 8.39. The van der Waals surface area contributed by atoms with E-state index in [-0.39, 0.29) is 17.6 Å². The molecule has 2 atom stereocenters. The van der Waals surface area contributed by atoms with E-state index >= 15 is 0 Å². The number of sulfonamides is 1. The third-order valence-electron chi connectivity index (χ3n) is 4.00. The van der Waals surface area contributed by atoms with Crippen molar-refractivity contribution in [2.24, 2.45) is 11.8 Å². The second-order valence-corrected chi connectivity index (χ2v) is 7.48. The molecule has 0 spiro atoms. The van der Waals surface area contributed by atoms with Gasteiger partial charge in [-0.25, -0.2) is 8.42 Å². The largest absolute Gasteiger partial charge is 0.299 e. The molecule has 0 bridgehead atoms. The molecule has 0 N–H and O–H groups in total. The van der Waals surface area contributed by atoms with Crippen LogP contribution in [0.15, 0.2) is 29.2 Å². The van der Waals surface area contributed by atoms with Gasteiger partial charge in [0.1, 0.15) is 5.78 Å². The number of aryl methyl sites for hydroxylation is 1. The summed E-state index contributed by atoms with van der Waals surface area (Å²) in [4.78, 5) is 12.2. The minimum Gasteiger partial charge on any atom is -0.299 e. The van der Waals surface area contributed by atoms with Crippen molar-refractivity contribution in [1.29, 1.82) is 0 Å². The molecule has 1 aliphatic rings. The molecule has 2 rings (SSSR count). The van der Waals surface area contributed by atoms with Gasteiger partial charge in [-0.1, -0.05) is 31.5 Å². The summed E-state index contributed by atoms with van der Waals surface area (Å²) in [6.45, 7) is 6.43. The first-order valence-electron chi connectivity index (χ1n) is 6.95. The van der Waals surface area contributed by atoms with Crippen LogP contribution in [0.5, 0.6) is 0 Å². The normalized spacial score (nSPS) is 23.9. The summed E-state index contributed by atoms with van der Waals surface area (Å²) < 4.78 is 26.6. The van der Waals surface area contributed by atoms with Crippen LogP contribution in [0.4, 0.5) is 0 Å². The van der Waals surface area contributed by atoms with E-state index < -0.39 is 10.0 Å². The number of ketones is 1. The zero-order valence-corrected chi connectivity index (χ0v) is 13.0. The lowest BCUT2D eigenvalue weighted by atomic mass is 9.92. The lowest BCUT2D eigenvalue weighted by Crippen LogP contribution is -2.30. The molecular formula is C15H21NO3S. The topological polar surface area (TPSA) is 54.5 Å². The molecular weight excluding hydrogens is 274 g/mol. The van der Waals surface area contributed by atoms with Crippen LogP contribution in [-0.2, 0) is 14.8 Å². The molecule has 0 saturated carbocycles. The van der Waals surface area contributed by atoms with Gasteiger partial charge in [0, 0.05) is 25.4 Å². The van der Waals surface area contributed by atoms with E-state index in [1.807, 2.05) is 20.8 Å². The molecule has 110 valence electrons. The van der Waals surface area contributed by atoms with Crippen molar-refractivity contribution < 1.29 is 13.2 Å². The van der Waals surface area contributed by atoms with Gasteiger partial charge < -0.3 is 0 Å². The summed E-state index contributed by atoms with van der Waals surface area (Å²) in [6, 6.07) is 6.84. The van der Waals surface area contributed by atoms with E-state index in [0.717, 1.165) is 5.56 Å². The quantitative estimate of drug-likeness (QED) is 0.856. The Hall–Kier alpha value is -1.20. The summed E-state index contributed by atoms with van der Waals surface area (Å²) in [5, 5.41) is 0. The first kappa shape index (κ1) is 15.2. The Morgan fingerprint density at radius 2 is 1.85 bits per heavy atom. The molecule has 1 aliphatic heterocycles. The Labute approximate surface area is 120 Å². The molecule has 1 aromatic rings. The van der Waals surface area contributed by atoms with Crippen LogP contribution in [0, 0.1) is 18.8 Å². The Balaban J connectivity index is 2.24. The predicted octanol–water partition coefficient (Wildman–Crippen LogP) is 2.23. The van der Waals surface area contributed by atoms with Crippen molar-refractivity contribution in [2.75, 3.05) is 13.1 Å². The molecule has 20 heavy (non-hydrogen) atoms. The second kappa shape index (κ2) is 5.66. The highest BCUT2D eigenvalue weighted by atomic mass is 32.2. The minimum atomic E-state index is -3.48. The zero-order valence-electron chi connectivity index (χ0n) is 12.2. The Bertz CT molecular complexity index is 592. The monoisotopic (exact) mass is 295 g/mol. The van der Waals surface area contributed by atoms with Crippen molar-refractivity contribution in [1.82, 2.24) is 4.31 Å². The van der Waals surface area contributed by atoms with Gasteiger partial charge in [-0.2, -0.15) is 4.31 Å². The van der Waals surface area contributed by atoms with Gasteiger partial charge in [-0.05, 0) is 25.0 Å². The van der Waals surface area contributed by atoms with Gasteiger partial charge in [-0.15, -0.1) is 0 Å². The standard InChI is InChI=1S/C15H21NO3S/c1-4-15(17)14-10-16(9-12(14)3)20(18,19)13-7-5-11(2)6-8-13/h5-8,12,14H,4,9-10H2,1-3H3/t12-,14-/m1/s1. The maximum absolute atomic E-state index is 12.6. The third kappa shape index (κ3) is 2.79. The van der Waals surface area contributed by atoms with Crippen LogP contribution in [0.2, 0.25) is 0 Å². The van der Waals surface area contributed by atoms with Crippen molar-refractivity contribution in [3.8, 4) is 0 Å². The van der Waals surface area contributed by atoms with Gasteiger partial charge in [0.2, 0.25) is 10.0 Å². The van der Waals surface area contributed by atoms with Crippen LogP contribution in [0.1, 0.15) is 25.8 Å². The molecule has 0 aliphatic carbocycles. The average molecular weight is 295 g/mol. The second-order valence-electron chi connectivity index (χ2n) is 5.54. The highest BCUT2D eigenvalue weighted by Gasteiger charge is 2.39. The average Bonchev–Trinajstić information content (AvgIpc) is 2.81. The van der Waals surface area contributed by atoms with Crippen LogP contribution < -0.4 is 0 Å². The van der Waals surface area contributed by atoms with Gasteiger partial charge in [0.25, 0.3) is 0 Å². The number of benzene rings is 1. The van der Waals surface area contributed by atoms with Gasteiger partial charge >= 0.3 is 0 Å². The SMILES string of the molecule is CCC(=O)[C@@H]1CN(S(=O)(=O)c2ccc(C)cc2)C[C@H]1C. The molecule has 1 heterocycles. The number of carbonyl (C=O) groups excluding carboxylic acids is 1. The maximum atomic E-state index is 12.6. The summed E-state index contributed by atoms with van der Waals surface area (Å²) in [7, 11) is -3.48. The van der Waals surface area contributed by atoms with E-state index in [4.69, 9.17) is 0 Å². The van der Waals surface area contributed by atoms with Crippen molar-refractivity contribution in [2.45, 2.75) is 32.1 Å². The Morgan fingerprint density at radius 1 is 1.25 bits per heavy atom. The molecule has 0 aromatic heterocycles. The lowest BCUT2D eigenvalue weighted by Gasteiger charge is -2.16. The van der Waals surface area contributed by atoms with Crippen LogP contribution in [-0.4, -0.2) is 31.6 Å². The van der Waals surface area contributed by atoms with E-state index in [2.05, 4.69) is 0 Å². The van der Waals surface area contributed by atoms with Crippen molar-refractivity contribution in [3.63, 3.8) is 0 Å². The minimum absolute atomic E-state index is 0.0858. The zero-order chi connectivity index (χ0) is 14.9. The van der Waals surface area contributed by atoms with E-state index in [1.54, 1.807) is 24.3 Å². The molecule has 0 unspecified atom stereocenters. The number of hydrogen-bond acceptors (Lipinski definition) is 3. The van der Waals surface area contributed by atoms with Crippen LogP contribution >= 0.6 is 0 Å². The molecule has 0 amide bonds. The lowest BCUT2D eigenvalue weighted by molar-refractivity contribution is -0.123. The van der Waals surface area contributed by atoms with Gasteiger partial charge in [0.05, 0.1) is 4.90 Å². The fourth-order valence-corrected chi connectivity index (χ4v) is 4.23. The molecule has 1 fully saturated rings. The Morgan fingerprint density at radius 3 is 2.40 bits per heavy atom. The number of hydrogen-bond donors (Lipinski definition) is 0. The number of carbonyl (C=O) groups is 1. The third-order valence-corrected chi connectivity index (χ3v) is 5.85. The van der Waals surface area contributed by atoms with E-state index in [0.29, 0.717) is 24.4 Å². The fraction of sp³-hybridized carbons (Fsp3) is 0.533. The maximum Gasteiger partial charge on any atom is 0.243 e. The van der Waals surface area contributed by atoms with E-state index in [1.165, 1.54) is 4.31 Å². The number of Topliss-reactive ketones (excluding diaryl/α,β-unsaturated/α-hetero) is 1. The van der Waals surface area contributed by atoms with Crippen LogP contribution in [0.3, 0.4) is 0 Å². The first-order chi connectivity index (χ1) is 9.36. The number of rotatable bonds is 4. The predicted molar refractivity (Wildman–Crippen MR) is 77.9 cm³/mol. The van der Waals surface area contributed by atoms with Crippen molar-refractivity contribution >= 4 is 15.8 Å². The Kier molecular flexibility index (Phi) is 4.30. The highest BCUT2D eigenvalue weighted by Crippen LogP contribution is 2.29. The molecule has 1 aromatic carbocycles. The van der Waals surface area contributed by atoms with Gasteiger partial charge in [0.15, 0.2) is 0 Å². The molecule has 0 radical (unpaired) electrons. The summed E-state index contributed by atoms with van der Waals surface area (Å²) in [5.41, 5.74) is 1.03. The number of nitrogens with zero attached hydrogens (tertiary/aromatic N) is 1. The molecule has 4 nitrogen and oxygen atoms in total. The molecule has 1 saturated heterocycles. The fourth-order valence-electron chi connectivity index (χ4n) is 2.66. The summed E-state index contributed by atoms with van der Waals surface area (Å²) in [5.74, 6) is 0.0713. The molecule has 5 heteroatoms.